The molecule has 1 fully saturated rings. The third kappa shape index (κ3) is 1.62. The van der Waals surface area contributed by atoms with Crippen molar-refractivity contribution in [3.8, 4) is 0 Å². The molecule has 2 nitrogen and oxygen atoms in total. The van der Waals surface area contributed by atoms with E-state index in [2.05, 4.69) is 13.0 Å². The zero-order valence-electron chi connectivity index (χ0n) is 7.32. The highest BCUT2D eigenvalue weighted by atomic mass is 28.3. The molecule has 1 aromatic rings. The van der Waals surface area contributed by atoms with Crippen molar-refractivity contribution in [1.29, 1.82) is 0 Å². The van der Waals surface area contributed by atoms with Crippen molar-refractivity contribution in [3.05, 3.63) is 18.4 Å². The van der Waals surface area contributed by atoms with Crippen LogP contribution in [0.4, 0.5) is 0 Å². The van der Waals surface area contributed by atoms with Gasteiger partial charge in [-0.2, -0.15) is 0 Å². The number of hydrogen-bond acceptors (Lipinski definition) is 2. The van der Waals surface area contributed by atoms with Gasteiger partial charge < -0.3 is 8.84 Å². The first kappa shape index (κ1) is 8.07. The normalized spacial score (nSPS) is 30.4. The molecule has 1 aromatic heterocycles. The molecule has 0 saturated carbocycles. The Morgan fingerprint density at radius 1 is 1.58 bits per heavy atom. The molecule has 0 aromatic carbocycles. The second-order valence-electron chi connectivity index (χ2n) is 3.38. The third-order valence-electron chi connectivity index (χ3n) is 2.33. The second-order valence-corrected chi connectivity index (χ2v) is 5.78. The average Bonchev–Trinajstić information content (AvgIpc) is 2.56. The number of hydrogen-bond donors (Lipinski definition) is 0. The van der Waals surface area contributed by atoms with E-state index in [4.69, 9.17) is 8.84 Å². The summed E-state index contributed by atoms with van der Waals surface area (Å²) in [6.07, 6.45) is 4.70. The van der Waals surface area contributed by atoms with Gasteiger partial charge in [0, 0.05) is 6.10 Å². The summed E-state index contributed by atoms with van der Waals surface area (Å²) >= 11 is 0. The Morgan fingerprint density at radius 2 is 2.50 bits per heavy atom. The fourth-order valence-corrected chi connectivity index (χ4v) is 4.11. The molecule has 2 rings (SSSR count). The highest BCUT2D eigenvalue weighted by Gasteiger charge is 2.24. The van der Waals surface area contributed by atoms with E-state index in [1.165, 1.54) is 18.9 Å². The molecule has 12 heavy (non-hydrogen) atoms. The molecule has 0 N–H and O–H groups in total. The van der Waals surface area contributed by atoms with Gasteiger partial charge in [0.25, 0.3) is 0 Å². The summed E-state index contributed by atoms with van der Waals surface area (Å²) in [5.74, 6) is 0. The first-order chi connectivity index (χ1) is 5.86. The van der Waals surface area contributed by atoms with E-state index >= 15 is 0 Å². The lowest BCUT2D eigenvalue weighted by Gasteiger charge is -2.25. The van der Waals surface area contributed by atoms with Crippen molar-refractivity contribution in [1.82, 2.24) is 0 Å². The van der Waals surface area contributed by atoms with Crippen LogP contribution in [-0.2, 0) is 4.43 Å². The number of furan rings is 1. The van der Waals surface area contributed by atoms with Gasteiger partial charge in [-0.15, -0.1) is 0 Å². The van der Waals surface area contributed by atoms with Crippen LogP contribution in [0, 0.1) is 0 Å². The molecule has 2 heterocycles. The van der Waals surface area contributed by atoms with Crippen molar-refractivity contribution in [3.63, 3.8) is 0 Å². The van der Waals surface area contributed by atoms with Gasteiger partial charge in [0.1, 0.15) is 5.38 Å². The van der Waals surface area contributed by atoms with Crippen molar-refractivity contribution in [2.45, 2.75) is 31.9 Å². The van der Waals surface area contributed by atoms with Crippen LogP contribution >= 0.6 is 0 Å². The first-order valence-electron chi connectivity index (χ1n) is 4.55. The average molecular weight is 182 g/mol. The zero-order valence-corrected chi connectivity index (χ0v) is 8.48. The molecule has 1 saturated heterocycles. The summed E-state index contributed by atoms with van der Waals surface area (Å²) < 4.78 is 11.2. The Bertz CT molecular complexity index is 233. The van der Waals surface area contributed by atoms with Gasteiger partial charge in [0.05, 0.1) is 6.26 Å². The highest BCUT2D eigenvalue weighted by Crippen LogP contribution is 2.16. The van der Waals surface area contributed by atoms with Crippen molar-refractivity contribution in [2.24, 2.45) is 0 Å². The van der Waals surface area contributed by atoms with Crippen LogP contribution in [0.5, 0.6) is 0 Å². The maximum atomic E-state index is 5.88. The van der Waals surface area contributed by atoms with Crippen LogP contribution in [-0.4, -0.2) is 15.1 Å². The van der Waals surface area contributed by atoms with E-state index in [9.17, 15) is 0 Å². The van der Waals surface area contributed by atoms with Crippen LogP contribution in [0.2, 0.25) is 6.04 Å². The van der Waals surface area contributed by atoms with Gasteiger partial charge in [-0.25, -0.2) is 0 Å². The molecule has 0 spiro atoms. The molecule has 1 aliphatic heterocycles. The molecule has 2 atom stereocenters. The van der Waals surface area contributed by atoms with Crippen molar-refractivity contribution in [2.75, 3.05) is 0 Å². The summed E-state index contributed by atoms with van der Waals surface area (Å²) in [5.41, 5.74) is 0. The lowest BCUT2D eigenvalue weighted by molar-refractivity contribution is 0.192. The van der Waals surface area contributed by atoms with Crippen LogP contribution in [0.3, 0.4) is 0 Å². The quantitative estimate of drug-likeness (QED) is 0.613. The summed E-state index contributed by atoms with van der Waals surface area (Å²) in [4.78, 5) is 0. The smallest absolute Gasteiger partial charge is 0.249 e. The standard InChI is InChI=1S/C9H14O2Si/c1-8-4-3-7-12(11-8)9-5-2-6-10-9/h2,5-6,8,12H,3-4,7H2,1H3. The predicted molar refractivity (Wildman–Crippen MR) is 50.1 cm³/mol. The van der Waals surface area contributed by atoms with Crippen LogP contribution in [0.25, 0.3) is 0 Å². The summed E-state index contributed by atoms with van der Waals surface area (Å²) in [7, 11) is -1.16. The topological polar surface area (TPSA) is 22.4 Å². The molecule has 0 bridgehead atoms. The van der Waals surface area contributed by atoms with Gasteiger partial charge in [0.15, 0.2) is 0 Å². The molecule has 0 aliphatic carbocycles. The maximum Gasteiger partial charge on any atom is 0.249 e. The van der Waals surface area contributed by atoms with Gasteiger partial charge in [-0.05, 0) is 31.5 Å². The monoisotopic (exact) mass is 182 g/mol. The predicted octanol–water partition coefficient (Wildman–Crippen LogP) is 1.41. The van der Waals surface area contributed by atoms with Crippen LogP contribution < -0.4 is 5.38 Å². The minimum absolute atomic E-state index is 0.445. The van der Waals surface area contributed by atoms with E-state index in [1.807, 2.05) is 6.07 Å². The molecule has 0 radical (unpaired) electrons. The van der Waals surface area contributed by atoms with Crippen LogP contribution in [0.15, 0.2) is 22.8 Å². The Morgan fingerprint density at radius 3 is 3.17 bits per heavy atom. The number of rotatable bonds is 1. The third-order valence-corrected chi connectivity index (χ3v) is 5.02. The lowest BCUT2D eigenvalue weighted by Crippen LogP contribution is -2.38. The maximum absolute atomic E-state index is 5.88. The van der Waals surface area contributed by atoms with E-state index in [0.717, 1.165) is 5.38 Å². The Labute approximate surface area is 74.3 Å². The molecule has 66 valence electrons. The Hall–Kier alpha value is -0.543. The summed E-state index contributed by atoms with van der Waals surface area (Å²) in [5, 5.41) is 1.11. The fraction of sp³-hybridized carbons (Fsp3) is 0.556. The molecule has 0 amide bonds. The lowest BCUT2D eigenvalue weighted by atomic mass is 10.2. The van der Waals surface area contributed by atoms with E-state index < -0.39 is 9.04 Å². The Kier molecular flexibility index (Phi) is 2.32. The van der Waals surface area contributed by atoms with Crippen LogP contribution in [0.1, 0.15) is 19.8 Å². The van der Waals surface area contributed by atoms with E-state index in [0.29, 0.717) is 6.10 Å². The molecule has 3 heteroatoms. The molecule has 2 unspecified atom stereocenters. The first-order valence-corrected chi connectivity index (χ1v) is 6.41. The molecular weight excluding hydrogens is 168 g/mol. The minimum atomic E-state index is -1.16. The van der Waals surface area contributed by atoms with Gasteiger partial charge in [0.2, 0.25) is 9.04 Å². The Balaban J connectivity index is 2.04. The SMILES string of the molecule is CC1CCC[SiH](c2ccco2)O1. The highest BCUT2D eigenvalue weighted by molar-refractivity contribution is 6.66. The second kappa shape index (κ2) is 3.45. The molecule has 1 aliphatic rings. The van der Waals surface area contributed by atoms with Crippen molar-refractivity contribution >= 4 is 14.4 Å². The van der Waals surface area contributed by atoms with Gasteiger partial charge in [-0.1, -0.05) is 6.42 Å². The fourth-order valence-electron chi connectivity index (χ4n) is 1.69. The summed E-state index contributed by atoms with van der Waals surface area (Å²) in [6.45, 7) is 2.15. The summed E-state index contributed by atoms with van der Waals surface area (Å²) in [6, 6.07) is 5.23. The molecular formula is C9H14O2Si. The van der Waals surface area contributed by atoms with E-state index in [-0.39, 0.29) is 0 Å². The largest absolute Gasteiger partial charge is 0.472 e. The minimum Gasteiger partial charge on any atom is -0.472 e. The van der Waals surface area contributed by atoms with E-state index in [1.54, 1.807) is 6.26 Å². The van der Waals surface area contributed by atoms with Gasteiger partial charge in [-0.3, -0.25) is 0 Å². The zero-order chi connectivity index (χ0) is 8.39. The van der Waals surface area contributed by atoms with Crippen molar-refractivity contribution < 1.29 is 8.84 Å². The van der Waals surface area contributed by atoms with Gasteiger partial charge >= 0.3 is 0 Å².